The topological polar surface area (TPSA) is 54.9 Å². The van der Waals surface area contributed by atoms with Gasteiger partial charge in [-0.2, -0.15) is 0 Å². The van der Waals surface area contributed by atoms with Gasteiger partial charge in [-0.1, -0.05) is 24.3 Å². The van der Waals surface area contributed by atoms with Crippen molar-refractivity contribution in [2.45, 2.75) is 24.8 Å². The van der Waals surface area contributed by atoms with Crippen LogP contribution in [0.15, 0.2) is 53.5 Å². The molecular formula is C22H28FN3O2. The highest BCUT2D eigenvalue weighted by atomic mass is 19.1. The quantitative estimate of drug-likeness (QED) is 0.592. The molecule has 0 unspecified atom stereocenters. The molecule has 150 valence electrons. The molecule has 2 aromatic carbocycles. The van der Waals surface area contributed by atoms with Gasteiger partial charge in [-0.3, -0.25) is 4.99 Å². The molecule has 0 bridgehead atoms. The van der Waals surface area contributed by atoms with Gasteiger partial charge in [0.25, 0.3) is 0 Å². The van der Waals surface area contributed by atoms with E-state index in [1.807, 2.05) is 30.3 Å². The van der Waals surface area contributed by atoms with Gasteiger partial charge in [0.15, 0.2) is 5.96 Å². The van der Waals surface area contributed by atoms with Crippen LogP contribution in [0.5, 0.6) is 5.75 Å². The standard InChI is InChI=1S/C22H28FN3O2/c1-24-21(25-15-17-6-8-20(27-2)9-7-17)26-16-22(10-12-28-13-11-22)18-4-3-5-19(23)14-18/h3-9,14H,10-13,15-16H2,1-2H3,(H2,24,25,26). The highest BCUT2D eigenvalue weighted by Gasteiger charge is 2.34. The van der Waals surface area contributed by atoms with E-state index in [0.29, 0.717) is 26.3 Å². The number of ether oxygens (including phenoxy) is 2. The first-order valence-electron chi connectivity index (χ1n) is 9.56. The Bertz CT molecular complexity index is 787. The molecule has 0 aliphatic carbocycles. The molecule has 1 saturated heterocycles. The first-order chi connectivity index (χ1) is 13.6. The van der Waals surface area contributed by atoms with E-state index in [9.17, 15) is 4.39 Å². The molecule has 6 heteroatoms. The number of guanidine groups is 1. The summed E-state index contributed by atoms with van der Waals surface area (Å²) in [6, 6.07) is 14.8. The van der Waals surface area contributed by atoms with E-state index in [-0.39, 0.29) is 11.2 Å². The largest absolute Gasteiger partial charge is 0.497 e. The van der Waals surface area contributed by atoms with E-state index < -0.39 is 0 Å². The van der Waals surface area contributed by atoms with Crippen molar-refractivity contribution in [1.82, 2.24) is 10.6 Å². The van der Waals surface area contributed by atoms with Crippen LogP contribution in [-0.4, -0.2) is 39.9 Å². The lowest BCUT2D eigenvalue weighted by Crippen LogP contribution is -2.48. The first-order valence-corrected chi connectivity index (χ1v) is 9.56. The summed E-state index contributed by atoms with van der Waals surface area (Å²) in [5.74, 6) is 1.35. The van der Waals surface area contributed by atoms with E-state index in [1.54, 1.807) is 26.3 Å². The van der Waals surface area contributed by atoms with Crippen molar-refractivity contribution in [2.24, 2.45) is 4.99 Å². The zero-order chi connectivity index (χ0) is 19.8. The second-order valence-electron chi connectivity index (χ2n) is 7.03. The minimum Gasteiger partial charge on any atom is -0.497 e. The van der Waals surface area contributed by atoms with Crippen LogP contribution < -0.4 is 15.4 Å². The van der Waals surface area contributed by atoms with Crippen molar-refractivity contribution < 1.29 is 13.9 Å². The van der Waals surface area contributed by atoms with Crippen molar-refractivity contribution in [3.05, 3.63) is 65.5 Å². The Hall–Kier alpha value is -2.60. The summed E-state index contributed by atoms with van der Waals surface area (Å²) in [6.07, 6.45) is 1.69. The first kappa shape index (κ1) is 20.1. The molecule has 0 aromatic heterocycles. The summed E-state index contributed by atoms with van der Waals surface area (Å²) in [4.78, 5) is 4.33. The number of methoxy groups -OCH3 is 1. The van der Waals surface area contributed by atoms with Gasteiger partial charge in [0.1, 0.15) is 11.6 Å². The molecule has 2 N–H and O–H groups in total. The normalized spacial score (nSPS) is 16.5. The number of hydrogen-bond donors (Lipinski definition) is 2. The lowest BCUT2D eigenvalue weighted by atomic mass is 9.74. The van der Waals surface area contributed by atoms with Gasteiger partial charge in [-0.05, 0) is 48.2 Å². The SMILES string of the molecule is CN=C(NCc1ccc(OC)cc1)NCC1(c2cccc(F)c2)CCOCC1. The summed E-state index contributed by atoms with van der Waals surface area (Å²) >= 11 is 0. The Balaban J connectivity index is 1.64. The molecule has 0 amide bonds. The Morgan fingerprint density at radius 1 is 1.14 bits per heavy atom. The van der Waals surface area contributed by atoms with Crippen LogP contribution in [0.4, 0.5) is 4.39 Å². The number of nitrogens with zero attached hydrogens (tertiary/aromatic N) is 1. The molecular weight excluding hydrogens is 357 g/mol. The van der Waals surface area contributed by atoms with Crippen LogP contribution in [0.25, 0.3) is 0 Å². The predicted molar refractivity (Wildman–Crippen MR) is 109 cm³/mol. The fourth-order valence-electron chi connectivity index (χ4n) is 3.55. The van der Waals surface area contributed by atoms with Gasteiger partial charge in [0.2, 0.25) is 0 Å². The van der Waals surface area contributed by atoms with Crippen molar-refractivity contribution in [2.75, 3.05) is 33.9 Å². The van der Waals surface area contributed by atoms with E-state index in [2.05, 4.69) is 15.6 Å². The fourth-order valence-corrected chi connectivity index (χ4v) is 3.55. The van der Waals surface area contributed by atoms with Gasteiger partial charge >= 0.3 is 0 Å². The number of halogens is 1. The zero-order valence-electron chi connectivity index (χ0n) is 16.5. The fraction of sp³-hybridized carbons (Fsp3) is 0.409. The monoisotopic (exact) mass is 385 g/mol. The van der Waals surface area contributed by atoms with Crippen molar-refractivity contribution in [3.63, 3.8) is 0 Å². The average molecular weight is 385 g/mol. The number of hydrogen-bond acceptors (Lipinski definition) is 3. The van der Waals surface area contributed by atoms with Gasteiger partial charge in [-0.15, -0.1) is 0 Å². The van der Waals surface area contributed by atoms with Crippen LogP contribution in [-0.2, 0) is 16.7 Å². The molecule has 1 heterocycles. The molecule has 1 aliphatic heterocycles. The maximum absolute atomic E-state index is 13.8. The molecule has 28 heavy (non-hydrogen) atoms. The minimum absolute atomic E-state index is 0.169. The summed E-state index contributed by atoms with van der Waals surface area (Å²) < 4.78 is 24.6. The third-order valence-electron chi connectivity index (χ3n) is 5.32. The Labute approximate surface area is 166 Å². The molecule has 0 saturated carbocycles. The Morgan fingerprint density at radius 2 is 1.89 bits per heavy atom. The highest BCUT2D eigenvalue weighted by molar-refractivity contribution is 5.79. The third kappa shape index (κ3) is 5.01. The summed E-state index contributed by atoms with van der Waals surface area (Å²) in [5, 5.41) is 6.76. The number of rotatable bonds is 6. The van der Waals surface area contributed by atoms with Crippen molar-refractivity contribution in [1.29, 1.82) is 0 Å². The van der Waals surface area contributed by atoms with Gasteiger partial charge in [0.05, 0.1) is 7.11 Å². The van der Waals surface area contributed by atoms with E-state index in [1.165, 1.54) is 6.07 Å². The molecule has 0 radical (unpaired) electrons. The van der Waals surface area contributed by atoms with Gasteiger partial charge in [0, 0.05) is 38.8 Å². The van der Waals surface area contributed by atoms with Crippen LogP contribution in [0.2, 0.25) is 0 Å². The third-order valence-corrected chi connectivity index (χ3v) is 5.32. The lowest BCUT2D eigenvalue weighted by Gasteiger charge is -2.38. The number of benzene rings is 2. The Kier molecular flexibility index (Phi) is 6.87. The molecule has 1 fully saturated rings. The molecule has 3 rings (SSSR count). The maximum Gasteiger partial charge on any atom is 0.191 e. The summed E-state index contributed by atoms with van der Waals surface area (Å²) in [6.45, 7) is 2.67. The van der Waals surface area contributed by atoms with Crippen LogP contribution in [0.1, 0.15) is 24.0 Å². The predicted octanol–water partition coefficient (Wildman–Crippen LogP) is 3.25. The van der Waals surface area contributed by atoms with E-state index in [4.69, 9.17) is 9.47 Å². The molecule has 2 aromatic rings. The molecule has 5 nitrogen and oxygen atoms in total. The second-order valence-corrected chi connectivity index (χ2v) is 7.03. The van der Waals surface area contributed by atoms with Crippen molar-refractivity contribution in [3.8, 4) is 5.75 Å². The maximum atomic E-state index is 13.8. The van der Waals surface area contributed by atoms with Crippen LogP contribution in [0, 0.1) is 5.82 Å². The minimum atomic E-state index is -0.203. The molecule has 1 aliphatic rings. The van der Waals surface area contributed by atoms with E-state index in [0.717, 1.165) is 35.7 Å². The smallest absolute Gasteiger partial charge is 0.191 e. The average Bonchev–Trinajstić information content (AvgIpc) is 2.75. The molecule has 0 atom stereocenters. The summed E-state index contributed by atoms with van der Waals surface area (Å²) in [5.41, 5.74) is 1.97. The lowest BCUT2D eigenvalue weighted by molar-refractivity contribution is 0.0513. The van der Waals surface area contributed by atoms with Crippen LogP contribution in [0.3, 0.4) is 0 Å². The molecule has 0 spiro atoms. The number of aliphatic imine (C=N–C) groups is 1. The van der Waals surface area contributed by atoms with Gasteiger partial charge in [-0.25, -0.2) is 4.39 Å². The van der Waals surface area contributed by atoms with E-state index >= 15 is 0 Å². The van der Waals surface area contributed by atoms with Gasteiger partial charge < -0.3 is 20.1 Å². The zero-order valence-corrected chi connectivity index (χ0v) is 16.5. The summed E-state index contributed by atoms with van der Waals surface area (Å²) in [7, 11) is 3.41. The number of nitrogens with one attached hydrogen (secondary N) is 2. The Morgan fingerprint density at radius 3 is 2.54 bits per heavy atom. The van der Waals surface area contributed by atoms with Crippen molar-refractivity contribution >= 4 is 5.96 Å². The second kappa shape index (κ2) is 9.55. The van der Waals surface area contributed by atoms with Crippen LogP contribution >= 0.6 is 0 Å². The highest BCUT2D eigenvalue weighted by Crippen LogP contribution is 2.34.